The van der Waals surface area contributed by atoms with Crippen molar-refractivity contribution >= 4 is 15.8 Å². The van der Waals surface area contributed by atoms with E-state index in [1.165, 1.54) is 4.68 Å². The van der Waals surface area contributed by atoms with E-state index in [4.69, 9.17) is 10.5 Å². The van der Waals surface area contributed by atoms with Gasteiger partial charge >= 0.3 is 0 Å². The third-order valence-electron chi connectivity index (χ3n) is 2.18. The number of hydrogen-bond donors (Lipinski definition) is 2. The number of aryl methyl sites for hydroxylation is 1. The van der Waals surface area contributed by atoms with Gasteiger partial charge in [-0.05, 0) is 13.8 Å². The van der Waals surface area contributed by atoms with Crippen LogP contribution in [0.25, 0.3) is 0 Å². The molecule has 0 radical (unpaired) electrons. The first-order chi connectivity index (χ1) is 8.34. The van der Waals surface area contributed by atoms with E-state index < -0.39 is 10.0 Å². The zero-order valence-corrected chi connectivity index (χ0v) is 11.7. The smallest absolute Gasteiger partial charge is 0.236 e. The number of aromatic nitrogens is 2. The van der Waals surface area contributed by atoms with Crippen LogP contribution in [0.15, 0.2) is 6.20 Å². The lowest BCUT2D eigenvalue weighted by Gasteiger charge is -2.09. The Hall–Kier alpha value is -1.12. The minimum absolute atomic E-state index is 0.00894. The fourth-order valence-corrected chi connectivity index (χ4v) is 2.25. The normalized spacial score (nSPS) is 12.1. The number of ether oxygens (including phenoxy) is 1. The van der Waals surface area contributed by atoms with Gasteiger partial charge in [0.15, 0.2) is 5.82 Å². The zero-order chi connectivity index (χ0) is 13.8. The maximum absolute atomic E-state index is 11.8. The standard InChI is InChI=1S/C10H20N4O3S/c1-8(2)17-4-5-18(15,16)13-10-9(6-11)7-14(3)12-10/h7-8H,4-6,11H2,1-3H3,(H,12,13). The molecule has 0 saturated heterocycles. The highest BCUT2D eigenvalue weighted by atomic mass is 32.2. The van der Waals surface area contributed by atoms with E-state index in [0.717, 1.165) is 0 Å². The minimum atomic E-state index is -3.46. The number of sulfonamides is 1. The van der Waals surface area contributed by atoms with Crippen molar-refractivity contribution in [3.05, 3.63) is 11.8 Å². The van der Waals surface area contributed by atoms with Crippen LogP contribution in [0, 0.1) is 0 Å². The quantitative estimate of drug-likeness (QED) is 0.733. The second-order valence-electron chi connectivity index (χ2n) is 4.22. The fraction of sp³-hybridized carbons (Fsp3) is 0.700. The van der Waals surface area contributed by atoms with E-state index in [1.807, 2.05) is 13.8 Å². The predicted molar refractivity (Wildman–Crippen MR) is 69.6 cm³/mol. The molecule has 0 unspecified atom stereocenters. The van der Waals surface area contributed by atoms with Crippen LogP contribution in [0.1, 0.15) is 19.4 Å². The Kier molecular flexibility index (Phi) is 5.12. The van der Waals surface area contributed by atoms with Crippen molar-refractivity contribution < 1.29 is 13.2 Å². The van der Waals surface area contributed by atoms with Crippen molar-refractivity contribution in [1.82, 2.24) is 9.78 Å². The second kappa shape index (κ2) is 6.17. The van der Waals surface area contributed by atoms with E-state index >= 15 is 0 Å². The van der Waals surface area contributed by atoms with Crippen molar-refractivity contribution in [1.29, 1.82) is 0 Å². The highest BCUT2D eigenvalue weighted by molar-refractivity contribution is 7.92. The number of nitrogens with zero attached hydrogens (tertiary/aromatic N) is 2. The van der Waals surface area contributed by atoms with E-state index in [1.54, 1.807) is 13.2 Å². The van der Waals surface area contributed by atoms with Crippen molar-refractivity contribution in [3.63, 3.8) is 0 Å². The molecule has 104 valence electrons. The van der Waals surface area contributed by atoms with Gasteiger partial charge in [-0.15, -0.1) is 0 Å². The van der Waals surface area contributed by atoms with E-state index in [2.05, 4.69) is 9.82 Å². The Morgan fingerprint density at radius 2 is 2.22 bits per heavy atom. The van der Waals surface area contributed by atoms with Crippen molar-refractivity contribution in [2.24, 2.45) is 12.8 Å². The van der Waals surface area contributed by atoms with Gasteiger partial charge in [0.2, 0.25) is 10.0 Å². The molecule has 0 fully saturated rings. The first-order valence-corrected chi connectivity index (χ1v) is 7.34. The third kappa shape index (κ3) is 4.63. The van der Waals surface area contributed by atoms with Gasteiger partial charge in [0, 0.05) is 25.4 Å². The van der Waals surface area contributed by atoms with Crippen molar-refractivity contribution in [2.75, 3.05) is 17.1 Å². The van der Waals surface area contributed by atoms with Gasteiger partial charge in [0.1, 0.15) is 0 Å². The molecule has 0 aliphatic rings. The molecule has 0 aliphatic heterocycles. The topological polar surface area (TPSA) is 99.2 Å². The van der Waals surface area contributed by atoms with Gasteiger partial charge in [0.25, 0.3) is 0 Å². The first-order valence-electron chi connectivity index (χ1n) is 5.68. The summed E-state index contributed by atoms with van der Waals surface area (Å²) in [4.78, 5) is 0. The second-order valence-corrected chi connectivity index (χ2v) is 6.06. The van der Waals surface area contributed by atoms with Crippen LogP contribution in [0.2, 0.25) is 0 Å². The summed E-state index contributed by atoms with van der Waals surface area (Å²) in [5.74, 6) is 0.177. The maximum Gasteiger partial charge on any atom is 0.236 e. The molecular weight excluding hydrogens is 256 g/mol. The summed E-state index contributed by atoms with van der Waals surface area (Å²) in [6.07, 6.45) is 1.69. The lowest BCUT2D eigenvalue weighted by molar-refractivity contribution is 0.0913. The fourth-order valence-electron chi connectivity index (χ4n) is 1.36. The largest absolute Gasteiger partial charge is 0.378 e. The molecule has 8 heteroatoms. The lowest BCUT2D eigenvalue weighted by atomic mass is 10.3. The Balaban J connectivity index is 2.64. The van der Waals surface area contributed by atoms with Crippen LogP contribution in [-0.2, 0) is 28.4 Å². The van der Waals surface area contributed by atoms with Gasteiger partial charge in [-0.1, -0.05) is 0 Å². The average Bonchev–Trinajstić information content (AvgIpc) is 2.56. The predicted octanol–water partition coefficient (Wildman–Crippen LogP) is 0.0455. The Morgan fingerprint density at radius 3 is 2.78 bits per heavy atom. The lowest BCUT2D eigenvalue weighted by Crippen LogP contribution is -2.22. The van der Waals surface area contributed by atoms with Gasteiger partial charge in [-0.3, -0.25) is 9.40 Å². The van der Waals surface area contributed by atoms with Crippen molar-refractivity contribution in [3.8, 4) is 0 Å². The molecule has 18 heavy (non-hydrogen) atoms. The van der Waals surface area contributed by atoms with Crippen LogP contribution >= 0.6 is 0 Å². The molecular formula is C10H20N4O3S. The van der Waals surface area contributed by atoms with Gasteiger partial charge < -0.3 is 10.5 Å². The van der Waals surface area contributed by atoms with Gasteiger partial charge in [-0.2, -0.15) is 5.10 Å². The molecule has 0 amide bonds. The molecule has 0 bridgehead atoms. The maximum atomic E-state index is 11.8. The molecule has 1 heterocycles. The van der Waals surface area contributed by atoms with Crippen LogP contribution in [-0.4, -0.2) is 36.7 Å². The average molecular weight is 276 g/mol. The Morgan fingerprint density at radius 1 is 1.56 bits per heavy atom. The van der Waals surface area contributed by atoms with Crippen molar-refractivity contribution in [2.45, 2.75) is 26.5 Å². The van der Waals surface area contributed by atoms with Crippen LogP contribution in [0.4, 0.5) is 5.82 Å². The molecule has 0 saturated carbocycles. The molecule has 0 spiro atoms. The number of nitrogens with one attached hydrogen (secondary N) is 1. The first kappa shape index (κ1) is 14.9. The van der Waals surface area contributed by atoms with E-state index in [9.17, 15) is 8.42 Å². The van der Waals surface area contributed by atoms with Gasteiger partial charge in [-0.25, -0.2) is 8.42 Å². The van der Waals surface area contributed by atoms with E-state index in [0.29, 0.717) is 5.56 Å². The Labute approximate surface area is 107 Å². The molecule has 1 rings (SSSR count). The van der Waals surface area contributed by atoms with Crippen LogP contribution in [0.3, 0.4) is 0 Å². The number of nitrogens with two attached hydrogens (primary N) is 1. The third-order valence-corrected chi connectivity index (χ3v) is 3.39. The highest BCUT2D eigenvalue weighted by Gasteiger charge is 2.15. The summed E-state index contributed by atoms with van der Waals surface area (Å²) >= 11 is 0. The molecule has 0 atom stereocenters. The molecule has 0 aliphatic carbocycles. The SMILES string of the molecule is CC(C)OCCS(=O)(=O)Nc1nn(C)cc1CN. The number of anilines is 1. The summed E-state index contributed by atoms with van der Waals surface area (Å²) in [5.41, 5.74) is 6.17. The highest BCUT2D eigenvalue weighted by Crippen LogP contribution is 2.13. The molecule has 7 nitrogen and oxygen atoms in total. The minimum Gasteiger partial charge on any atom is -0.378 e. The monoisotopic (exact) mass is 276 g/mol. The van der Waals surface area contributed by atoms with E-state index in [-0.39, 0.29) is 30.8 Å². The van der Waals surface area contributed by atoms with Crippen LogP contribution in [0.5, 0.6) is 0 Å². The number of rotatable bonds is 7. The molecule has 1 aromatic heterocycles. The summed E-state index contributed by atoms with van der Waals surface area (Å²) in [6, 6.07) is 0. The summed E-state index contributed by atoms with van der Waals surface area (Å²) < 4.78 is 32.7. The zero-order valence-electron chi connectivity index (χ0n) is 10.9. The van der Waals surface area contributed by atoms with Gasteiger partial charge in [0.05, 0.1) is 18.5 Å². The summed E-state index contributed by atoms with van der Waals surface area (Å²) in [6.45, 7) is 4.09. The summed E-state index contributed by atoms with van der Waals surface area (Å²) in [5, 5.41) is 4.02. The summed E-state index contributed by atoms with van der Waals surface area (Å²) in [7, 11) is -1.75. The Bertz CT molecular complexity index is 481. The van der Waals surface area contributed by atoms with Crippen LogP contribution < -0.4 is 10.5 Å². The number of hydrogen-bond acceptors (Lipinski definition) is 5. The molecule has 1 aromatic rings. The molecule has 3 N–H and O–H groups in total. The molecule has 0 aromatic carbocycles.